The van der Waals surface area contributed by atoms with Gasteiger partial charge in [0.1, 0.15) is 11.2 Å². The van der Waals surface area contributed by atoms with Crippen LogP contribution in [0.25, 0.3) is 10.2 Å². The third kappa shape index (κ3) is 5.83. The SMILES string of the molecule is ICCCCCCCC[n+]1csc2ccccc21.[I-]. The number of aromatic nitrogens is 1. The lowest BCUT2D eigenvalue weighted by Gasteiger charge is -1.98. The van der Waals surface area contributed by atoms with Crippen LogP contribution in [0.4, 0.5) is 0 Å². The molecule has 0 unspecified atom stereocenters. The van der Waals surface area contributed by atoms with Crippen LogP contribution in [-0.2, 0) is 6.54 Å². The van der Waals surface area contributed by atoms with Crippen molar-refractivity contribution in [2.75, 3.05) is 4.43 Å². The number of nitrogens with zero attached hydrogens (tertiary/aromatic N) is 1. The van der Waals surface area contributed by atoms with Crippen molar-refractivity contribution < 1.29 is 28.5 Å². The molecule has 0 aliphatic rings. The van der Waals surface area contributed by atoms with Crippen LogP contribution in [0.1, 0.15) is 38.5 Å². The molecule has 1 aromatic carbocycles. The van der Waals surface area contributed by atoms with Crippen LogP contribution in [0, 0.1) is 0 Å². The largest absolute Gasteiger partial charge is 1.00 e. The zero-order valence-corrected chi connectivity index (χ0v) is 16.3. The zero-order chi connectivity index (χ0) is 12.6. The number of rotatable bonds is 8. The topological polar surface area (TPSA) is 3.88 Å². The molecular formula is C15H21I2NS. The summed E-state index contributed by atoms with van der Waals surface area (Å²) >= 11 is 4.32. The maximum Gasteiger partial charge on any atom is 0.225 e. The first kappa shape index (κ1) is 17.6. The molecule has 0 fully saturated rings. The van der Waals surface area contributed by atoms with Gasteiger partial charge < -0.3 is 24.0 Å². The molecule has 0 aliphatic carbocycles. The second-order valence-corrected chi connectivity index (χ2v) is 6.66. The smallest absolute Gasteiger partial charge is 0.225 e. The summed E-state index contributed by atoms with van der Waals surface area (Å²) in [5.74, 6) is 0. The fraction of sp³-hybridized carbons (Fsp3) is 0.533. The molecule has 0 saturated carbocycles. The van der Waals surface area contributed by atoms with Gasteiger partial charge in [-0.05, 0) is 23.3 Å². The molecule has 0 atom stereocenters. The predicted molar refractivity (Wildman–Crippen MR) is 88.6 cm³/mol. The van der Waals surface area contributed by atoms with Crippen molar-refractivity contribution in [1.82, 2.24) is 0 Å². The van der Waals surface area contributed by atoms with Crippen LogP contribution >= 0.6 is 33.9 Å². The summed E-state index contributed by atoms with van der Waals surface area (Å²) in [6.45, 7) is 1.18. The number of hydrogen-bond acceptors (Lipinski definition) is 1. The summed E-state index contributed by atoms with van der Waals surface area (Å²) in [6, 6.07) is 8.69. The third-order valence-corrected chi connectivity index (χ3v) is 4.99. The van der Waals surface area contributed by atoms with Gasteiger partial charge in [0.25, 0.3) is 0 Å². The summed E-state index contributed by atoms with van der Waals surface area (Å²) in [4.78, 5) is 0. The van der Waals surface area contributed by atoms with E-state index in [4.69, 9.17) is 0 Å². The molecule has 1 nitrogen and oxygen atoms in total. The number of alkyl halides is 1. The second-order valence-electron chi connectivity index (χ2n) is 4.69. The Kier molecular flexibility index (Phi) is 9.57. The first-order valence-corrected chi connectivity index (χ1v) is 9.24. The van der Waals surface area contributed by atoms with Crippen molar-refractivity contribution >= 4 is 44.1 Å². The first-order valence-electron chi connectivity index (χ1n) is 6.83. The average Bonchev–Trinajstić information content (AvgIpc) is 2.81. The number of para-hydroxylation sites is 1. The Balaban J connectivity index is 0.00000180. The number of halogens is 2. The molecular weight excluding hydrogens is 480 g/mol. The number of thiazole rings is 1. The average molecular weight is 501 g/mol. The van der Waals surface area contributed by atoms with Crippen molar-refractivity contribution in [3.63, 3.8) is 0 Å². The van der Waals surface area contributed by atoms with Crippen LogP contribution in [0.15, 0.2) is 29.8 Å². The highest BCUT2D eigenvalue weighted by Crippen LogP contribution is 2.15. The number of hydrogen-bond donors (Lipinski definition) is 0. The Morgan fingerprint density at radius 1 is 0.947 bits per heavy atom. The molecule has 0 saturated heterocycles. The molecule has 0 radical (unpaired) electrons. The van der Waals surface area contributed by atoms with E-state index in [0.717, 1.165) is 0 Å². The summed E-state index contributed by atoms with van der Waals surface area (Å²) < 4.78 is 5.12. The quantitative estimate of drug-likeness (QED) is 0.226. The Labute approximate surface area is 151 Å². The predicted octanol–water partition coefficient (Wildman–Crippen LogP) is 1.97. The van der Waals surface area contributed by atoms with Gasteiger partial charge in [-0.25, -0.2) is 0 Å². The Hall–Kier alpha value is 0.570. The fourth-order valence-electron chi connectivity index (χ4n) is 2.23. The van der Waals surface area contributed by atoms with E-state index in [1.807, 2.05) is 11.3 Å². The number of unbranched alkanes of at least 4 members (excludes halogenated alkanes) is 5. The molecule has 0 amide bonds. The normalized spacial score (nSPS) is 10.6. The molecule has 0 aliphatic heterocycles. The molecule has 0 bridgehead atoms. The summed E-state index contributed by atoms with van der Waals surface area (Å²) in [5.41, 5.74) is 3.66. The van der Waals surface area contributed by atoms with Gasteiger partial charge in [-0.15, -0.1) is 0 Å². The summed E-state index contributed by atoms with van der Waals surface area (Å²) in [6.07, 6.45) is 8.31. The zero-order valence-electron chi connectivity index (χ0n) is 11.2. The fourth-order valence-corrected chi connectivity index (χ4v) is 3.69. The number of fused-ring (bicyclic) bond motifs is 1. The van der Waals surface area contributed by atoms with Crippen molar-refractivity contribution in [2.45, 2.75) is 45.1 Å². The van der Waals surface area contributed by atoms with Gasteiger partial charge in [0.15, 0.2) is 0 Å². The minimum absolute atomic E-state index is 0. The molecule has 0 N–H and O–H groups in total. The van der Waals surface area contributed by atoms with Gasteiger partial charge in [0.05, 0.1) is 0 Å². The van der Waals surface area contributed by atoms with E-state index in [1.165, 1.54) is 59.7 Å². The number of benzene rings is 1. The molecule has 4 heteroatoms. The van der Waals surface area contributed by atoms with Crippen molar-refractivity contribution in [2.24, 2.45) is 0 Å². The number of aryl methyl sites for hydroxylation is 1. The third-order valence-electron chi connectivity index (χ3n) is 3.26. The summed E-state index contributed by atoms with van der Waals surface area (Å²) in [7, 11) is 0. The highest BCUT2D eigenvalue weighted by Gasteiger charge is 2.09. The lowest BCUT2D eigenvalue weighted by atomic mass is 10.1. The molecule has 1 aromatic heterocycles. The molecule has 2 aromatic rings. The monoisotopic (exact) mass is 501 g/mol. The van der Waals surface area contributed by atoms with Crippen molar-refractivity contribution in [1.29, 1.82) is 0 Å². The second kappa shape index (κ2) is 10.3. The van der Waals surface area contributed by atoms with Gasteiger partial charge in [-0.1, -0.05) is 65.3 Å². The van der Waals surface area contributed by atoms with Gasteiger partial charge >= 0.3 is 0 Å². The van der Waals surface area contributed by atoms with Crippen molar-refractivity contribution in [3.8, 4) is 0 Å². The highest BCUT2D eigenvalue weighted by atomic mass is 127. The maximum atomic E-state index is 2.47. The van der Waals surface area contributed by atoms with E-state index in [1.54, 1.807) is 0 Å². The van der Waals surface area contributed by atoms with Gasteiger partial charge in [0, 0.05) is 12.5 Å². The highest BCUT2D eigenvalue weighted by molar-refractivity contribution is 14.1. The molecule has 19 heavy (non-hydrogen) atoms. The van der Waals surface area contributed by atoms with Gasteiger partial charge in [0.2, 0.25) is 11.0 Å². The van der Waals surface area contributed by atoms with Crippen LogP contribution in [0.5, 0.6) is 0 Å². The van der Waals surface area contributed by atoms with Crippen LogP contribution in [-0.4, -0.2) is 4.43 Å². The minimum atomic E-state index is 0. The Bertz CT molecular complexity index is 470. The standard InChI is InChI=1S/C15H21INS.HI/c16-11-7-3-1-2-4-8-12-17-13-18-15-10-6-5-9-14(15)17;/h5-6,9-10,13H,1-4,7-8,11-12H2;1H/q+1;/p-1. The Morgan fingerprint density at radius 3 is 2.42 bits per heavy atom. The van der Waals surface area contributed by atoms with E-state index in [0.29, 0.717) is 0 Å². The van der Waals surface area contributed by atoms with Gasteiger partial charge in [-0.3, -0.25) is 0 Å². The lowest BCUT2D eigenvalue weighted by molar-refractivity contribution is -0.667. The first-order chi connectivity index (χ1) is 8.92. The van der Waals surface area contributed by atoms with Crippen LogP contribution in [0.3, 0.4) is 0 Å². The van der Waals surface area contributed by atoms with E-state index in [2.05, 4.69) is 56.9 Å². The van der Waals surface area contributed by atoms with Crippen LogP contribution in [0.2, 0.25) is 0 Å². The van der Waals surface area contributed by atoms with E-state index in [9.17, 15) is 0 Å². The van der Waals surface area contributed by atoms with Gasteiger partial charge in [-0.2, -0.15) is 4.57 Å². The molecule has 0 spiro atoms. The minimum Gasteiger partial charge on any atom is -1.00 e. The molecule has 2 rings (SSSR count). The van der Waals surface area contributed by atoms with E-state index >= 15 is 0 Å². The maximum absolute atomic E-state index is 2.47. The molecule has 1 heterocycles. The Morgan fingerprint density at radius 2 is 1.63 bits per heavy atom. The van der Waals surface area contributed by atoms with E-state index < -0.39 is 0 Å². The van der Waals surface area contributed by atoms with E-state index in [-0.39, 0.29) is 24.0 Å². The lowest BCUT2D eigenvalue weighted by Crippen LogP contribution is -3.00. The summed E-state index contributed by atoms with van der Waals surface area (Å²) in [5, 5.41) is 0. The van der Waals surface area contributed by atoms with Crippen LogP contribution < -0.4 is 28.5 Å². The van der Waals surface area contributed by atoms with Crippen molar-refractivity contribution in [3.05, 3.63) is 29.8 Å². The molecule has 106 valence electrons.